The topological polar surface area (TPSA) is 26.3 Å². The lowest BCUT2D eigenvalue weighted by Gasteiger charge is -2.33. The summed E-state index contributed by atoms with van der Waals surface area (Å²) in [5.41, 5.74) is 1.29. The maximum atomic E-state index is 11.5. The van der Waals surface area contributed by atoms with Gasteiger partial charge in [-0.3, -0.25) is 4.79 Å². The van der Waals surface area contributed by atoms with Crippen LogP contribution in [-0.2, 0) is 9.53 Å². The molecule has 0 radical (unpaired) electrons. The molecule has 1 aliphatic carbocycles. The van der Waals surface area contributed by atoms with Crippen LogP contribution in [0.4, 0.5) is 0 Å². The molecule has 1 heterocycles. The monoisotopic (exact) mass is 194 g/mol. The minimum Gasteiger partial charge on any atom is -0.489 e. The Balaban J connectivity index is 2.16. The van der Waals surface area contributed by atoms with Crippen molar-refractivity contribution in [3.63, 3.8) is 0 Å². The third-order valence-electron chi connectivity index (χ3n) is 3.45. The molecule has 0 bridgehead atoms. The van der Waals surface area contributed by atoms with Crippen molar-refractivity contribution < 1.29 is 9.53 Å². The lowest BCUT2D eigenvalue weighted by molar-refractivity contribution is -0.116. The standard InChI is InChI=1S/C12H18O2/c1-12(2,3)8-4-5-11-9(6-8)10(13)7-14-11/h8H,4-7H2,1-3H3. The fourth-order valence-corrected chi connectivity index (χ4v) is 2.33. The van der Waals surface area contributed by atoms with Gasteiger partial charge in [0.25, 0.3) is 0 Å². The van der Waals surface area contributed by atoms with Crippen LogP contribution in [0.15, 0.2) is 11.3 Å². The van der Waals surface area contributed by atoms with Gasteiger partial charge in [0, 0.05) is 12.0 Å². The van der Waals surface area contributed by atoms with Crippen molar-refractivity contribution >= 4 is 5.78 Å². The van der Waals surface area contributed by atoms with E-state index in [0.29, 0.717) is 17.9 Å². The average molecular weight is 194 g/mol. The van der Waals surface area contributed by atoms with Gasteiger partial charge in [-0.25, -0.2) is 0 Å². The van der Waals surface area contributed by atoms with E-state index in [9.17, 15) is 4.79 Å². The van der Waals surface area contributed by atoms with E-state index < -0.39 is 0 Å². The first-order chi connectivity index (χ1) is 6.48. The first-order valence-electron chi connectivity index (χ1n) is 5.36. The number of Topliss-reactive ketones (excluding diaryl/α,β-unsaturated/α-hetero) is 1. The van der Waals surface area contributed by atoms with Crippen LogP contribution in [0.3, 0.4) is 0 Å². The van der Waals surface area contributed by atoms with Crippen LogP contribution in [0.5, 0.6) is 0 Å². The molecule has 0 aromatic rings. The Morgan fingerprint density at radius 3 is 2.71 bits per heavy atom. The first kappa shape index (κ1) is 9.75. The van der Waals surface area contributed by atoms with Gasteiger partial charge < -0.3 is 4.74 Å². The SMILES string of the molecule is CC(C)(C)C1CCC2=C(C1)C(=O)CO2. The second kappa shape index (κ2) is 3.11. The molecule has 2 heteroatoms. The van der Waals surface area contributed by atoms with Crippen LogP contribution in [0.2, 0.25) is 0 Å². The van der Waals surface area contributed by atoms with Crippen LogP contribution in [0.1, 0.15) is 40.0 Å². The number of hydrogen-bond donors (Lipinski definition) is 0. The van der Waals surface area contributed by atoms with Gasteiger partial charge in [0.15, 0.2) is 12.4 Å². The molecule has 2 nitrogen and oxygen atoms in total. The molecule has 0 fully saturated rings. The molecule has 0 N–H and O–H groups in total. The number of hydrogen-bond acceptors (Lipinski definition) is 2. The normalized spacial score (nSPS) is 27.6. The molecule has 78 valence electrons. The molecule has 0 saturated carbocycles. The van der Waals surface area contributed by atoms with E-state index in [2.05, 4.69) is 20.8 Å². The predicted molar refractivity (Wildman–Crippen MR) is 54.8 cm³/mol. The minimum absolute atomic E-state index is 0.217. The predicted octanol–water partition coefficient (Wildman–Crippen LogP) is 2.69. The molecule has 1 atom stereocenters. The molecule has 2 aliphatic rings. The third kappa shape index (κ3) is 1.58. The van der Waals surface area contributed by atoms with E-state index in [4.69, 9.17) is 4.74 Å². The second-order valence-corrected chi connectivity index (χ2v) is 5.42. The lowest BCUT2D eigenvalue weighted by atomic mass is 9.72. The molecule has 1 unspecified atom stereocenters. The molecular weight excluding hydrogens is 176 g/mol. The highest BCUT2D eigenvalue weighted by Gasteiger charge is 2.35. The van der Waals surface area contributed by atoms with Crippen molar-refractivity contribution in [1.82, 2.24) is 0 Å². The highest BCUT2D eigenvalue weighted by Crippen LogP contribution is 2.42. The molecule has 1 aliphatic heterocycles. The average Bonchev–Trinajstić information content (AvgIpc) is 2.46. The Labute approximate surface area is 85.3 Å². The van der Waals surface area contributed by atoms with Crippen LogP contribution in [-0.4, -0.2) is 12.4 Å². The van der Waals surface area contributed by atoms with Gasteiger partial charge in [0.1, 0.15) is 5.76 Å². The number of ether oxygens (including phenoxy) is 1. The summed E-state index contributed by atoms with van der Waals surface area (Å²) in [6, 6.07) is 0. The number of carbonyl (C=O) groups is 1. The van der Waals surface area contributed by atoms with Crippen LogP contribution in [0, 0.1) is 11.3 Å². The molecular formula is C12H18O2. The molecule has 0 amide bonds. The summed E-state index contributed by atoms with van der Waals surface area (Å²) in [6.45, 7) is 7.05. The van der Waals surface area contributed by atoms with Gasteiger partial charge in [0.05, 0.1) is 0 Å². The summed E-state index contributed by atoms with van der Waals surface area (Å²) in [7, 11) is 0. The van der Waals surface area contributed by atoms with Gasteiger partial charge in [0.2, 0.25) is 0 Å². The summed E-state index contributed by atoms with van der Waals surface area (Å²) in [6.07, 6.45) is 3.05. The lowest BCUT2D eigenvalue weighted by Crippen LogP contribution is -2.24. The zero-order valence-corrected chi connectivity index (χ0v) is 9.22. The van der Waals surface area contributed by atoms with E-state index in [1.54, 1.807) is 0 Å². The van der Waals surface area contributed by atoms with Gasteiger partial charge in [-0.1, -0.05) is 20.8 Å². The van der Waals surface area contributed by atoms with Crippen molar-refractivity contribution in [1.29, 1.82) is 0 Å². The van der Waals surface area contributed by atoms with Gasteiger partial charge >= 0.3 is 0 Å². The number of carbonyl (C=O) groups excluding carboxylic acids is 1. The Bertz CT molecular complexity index is 294. The maximum absolute atomic E-state index is 11.5. The van der Waals surface area contributed by atoms with E-state index in [-0.39, 0.29) is 5.78 Å². The zero-order valence-electron chi connectivity index (χ0n) is 9.22. The maximum Gasteiger partial charge on any atom is 0.199 e. The molecule has 14 heavy (non-hydrogen) atoms. The summed E-state index contributed by atoms with van der Waals surface area (Å²) >= 11 is 0. The van der Waals surface area contributed by atoms with Crippen molar-refractivity contribution in [3.8, 4) is 0 Å². The van der Waals surface area contributed by atoms with Crippen molar-refractivity contribution in [2.24, 2.45) is 11.3 Å². The largest absolute Gasteiger partial charge is 0.489 e. The van der Waals surface area contributed by atoms with E-state index in [1.165, 1.54) is 0 Å². The molecule has 0 spiro atoms. The second-order valence-electron chi connectivity index (χ2n) is 5.42. The molecule has 0 aromatic carbocycles. The fraction of sp³-hybridized carbons (Fsp3) is 0.750. The van der Waals surface area contributed by atoms with Gasteiger partial charge in [-0.2, -0.15) is 0 Å². The summed E-state index contributed by atoms with van der Waals surface area (Å²) < 4.78 is 5.36. The van der Waals surface area contributed by atoms with Gasteiger partial charge in [-0.15, -0.1) is 0 Å². The van der Waals surface area contributed by atoms with E-state index in [0.717, 1.165) is 30.6 Å². The van der Waals surface area contributed by atoms with Crippen LogP contribution >= 0.6 is 0 Å². The van der Waals surface area contributed by atoms with Crippen LogP contribution in [0.25, 0.3) is 0 Å². The van der Waals surface area contributed by atoms with Gasteiger partial charge in [-0.05, 0) is 24.2 Å². The van der Waals surface area contributed by atoms with Crippen molar-refractivity contribution in [2.75, 3.05) is 6.61 Å². The Kier molecular flexibility index (Phi) is 2.17. The zero-order chi connectivity index (χ0) is 10.3. The smallest absolute Gasteiger partial charge is 0.199 e. The van der Waals surface area contributed by atoms with Crippen molar-refractivity contribution in [2.45, 2.75) is 40.0 Å². The Morgan fingerprint density at radius 2 is 2.07 bits per heavy atom. The van der Waals surface area contributed by atoms with E-state index in [1.807, 2.05) is 0 Å². The quantitative estimate of drug-likeness (QED) is 0.592. The molecule has 0 saturated heterocycles. The molecule has 0 aromatic heterocycles. The van der Waals surface area contributed by atoms with Crippen molar-refractivity contribution in [3.05, 3.63) is 11.3 Å². The summed E-state index contributed by atoms with van der Waals surface area (Å²) in [5.74, 6) is 1.83. The number of allylic oxidation sites excluding steroid dienone is 1. The fourth-order valence-electron chi connectivity index (χ4n) is 2.33. The highest BCUT2D eigenvalue weighted by molar-refractivity contribution is 5.98. The number of rotatable bonds is 0. The Morgan fingerprint density at radius 1 is 1.36 bits per heavy atom. The highest BCUT2D eigenvalue weighted by atomic mass is 16.5. The van der Waals surface area contributed by atoms with Crippen LogP contribution < -0.4 is 0 Å². The Hall–Kier alpha value is -0.790. The molecule has 2 rings (SSSR count). The summed E-state index contributed by atoms with van der Waals surface area (Å²) in [4.78, 5) is 11.5. The first-order valence-corrected chi connectivity index (χ1v) is 5.36. The number of ketones is 1. The minimum atomic E-state index is 0.217. The third-order valence-corrected chi connectivity index (χ3v) is 3.45. The van der Waals surface area contributed by atoms with E-state index >= 15 is 0 Å². The summed E-state index contributed by atoms with van der Waals surface area (Å²) in [5, 5.41) is 0.